The van der Waals surface area contributed by atoms with Crippen LogP contribution in [-0.4, -0.2) is 83.4 Å². The topological polar surface area (TPSA) is 160 Å². The summed E-state index contributed by atoms with van der Waals surface area (Å²) in [5, 5.41) is 0.184. The van der Waals surface area contributed by atoms with E-state index >= 15 is 0 Å². The van der Waals surface area contributed by atoms with Crippen LogP contribution >= 0.6 is 11.8 Å². The monoisotopic (exact) mass is 538 g/mol. The summed E-state index contributed by atoms with van der Waals surface area (Å²) in [5.74, 6) is -2.84. The highest BCUT2D eigenvalue weighted by Crippen LogP contribution is 2.37. The van der Waals surface area contributed by atoms with Crippen molar-refractivity contribution >= 4 is 52.8 Å². The largest absolute Gasteiger partial charge is 0.465 e. The van der Waals surface area contributed by atoms with Crippen molar-refractivity contribution in [2.24, 2.45) is 4.99 Å². The van der Waals surface area contributed by atoms with Crippen LogP contribution in [0, 0.1) is 0 Å². The predicted octanol–water partition coefficient (Wildman–Crippen LogP) is 1.26. The Morgan fingerprint density at radius 1 is 1.00 bits per heavy atom. The first-order valence-electron chi connectivity index (χ1n) is 11.0. The lowest BCUT2D eigenvalue weighted by Gasteiger charge is -2.44. The summed E-state index contributed by atoms with van der Waals surface area (Å²) in [4.78, 5) is 65.6. The average molecular weight is 539 g/mol. The van der Waals surface area contributed by atoms with E-state index in [0.29, 0.717) is 5.76 Å². The third kappa shape index (κ3) is 7.20. The summed E-state index contributed by atoms with van der Waals surface area (Å²) in [6.07, 6.45) is -2.08. The normalized spacial score (nSPS) is 26.5. The van der Waals surface area contributed by atoms with Gasteiger partial charge in [0.05, 0.1) is 6.26 Å². The Morgan fingerprint density at radius 3 is 2.19 bits per heavy atom. The van der Waals surface area contributed by atoms with Crippen LogP contribution in [0.5, 0.6) is 0 Å². The molecule has 1 aromatic rings. The van der Waals surface area contributed by atoms with E-state index in [-0.39, 0.29) is 17.5 Å². The SMILES string of the molecule is CC(=O)OC[C@H]1O[C@@H](SC2=N/C(=C\c3ccco3)C(=O)N2C)[C@H](OC(C)=O)[C@@H](OC(C)=O)[C@H]1OC(C)=O. The van der Waals surface area contributed by atoms with E-state index in [9.17, 15) is 24.0 Å². The van der Waals surface area contributed by atoms with Gasteiger partial charge in [0.25, 0.3) is 5.91 Å². The van der Waals surface area contributed by atoms with Gasteiger partial charge in [0.2, 0.25) is 0 Å². The summed E-state index contributed by atoms with van der Waals surface area (Å²) >= 11 is 0.908. The highest BCUT2D eigenvalue weighted by atomic mass is 32.2. The van der Waals surface area contributed by atoms with Crippen molar-refractivity contribution in [1.82, 2.24) is 4.90 Å². The maximum Gasteiger partial charge on any atom is 0.303 e. The molecule has 0 bridgehead atoms. The zero-order valence-electron chi connectivity index (χ0n) is 20.7. The molecule has 3 rings (SSSR count). The van der Waals surface area contributed by atoms with Crippen LogP contribution in [0.2, 0.25) is 0 Å². The summed E-state index contributed by atoms with van der Waals surface area (Å²) in [6, 6.07) is 3.31. The van der Waals surface area contributed by atoms with Crippen molar-refractivity contribution in [1.29, 1.82) is 0 Å². The number of esters is 4. The highest BCUT2D eigenvalue weighted by molar-refractivity contribution is 8.14. The van der Waals surface area contributed by atoms with E-state index < -0.39 is 59.6 Å². The predicted molar refractivity (Wildman–Crippen MR) is 126 cm³/mol. The van der Waals surface area contributed by atoms with E-state index in [1.165, 1.54) is 31.2 Å². The molecular weight excluding hydrogens is 512 g/mol. The Bertz CT molecular complexity index is 1110. The molecule has 5 atom stereocenters. The number of carbonyl (C=O) groups is 5. The molecule has 0 N–H and O–H groups in total. The maximum atomic E-state index is 12.7. The molecule has 1 amide bonds. The molecular formula is C23H26N2O11S. The smallest absolute Gasteiger partial charge is 0.303 e. The van der Waals surface area contributed by atoms with Gasteiger partial charge in [0.1, 0.15) is 24.2 Å². The molecule has 0 saturated carbocycles. The molecule has 0 aromatic carbocycles. The number of thioether (sulfide) groups is 1. The Morgan fingerprint density at radius 2 is 1.62 bits per heavy atom. The van der Waals surface area contributed by atoms with E-state index in [0.717, 1.165) is 32.5 Å². The van der Waals surface area contributed by atoms with Gasteiger partial charge < -0.3 is 28.1 Å². The summed E-state index contributed by atoms with van der Waals surface area (Å²) in [6.45, 7) is 4.23. The summed E-state index contributed by atoms with van der Waals surface area (Å²) in [5.41, 5.74) is -1.02. The number of amides is 1. The molecule has 0 radical (unpaired) electrons. The second kappa shape index (κ2) is 12.1. The lowest BCUT2D eigenvalue weighted by atomic mass is 9.99. The quantitative estimate of drug-likeness (QED) is 0.278. The zero-order chi connectivity index (χ0) is 27.3. The number of carbonyl (C=O) groups excluding carboxylic acids is 5. The third-order valence-electron chi connectivity index (χ3n) is 5.02. The van der Waals surface area contributed by atoms with Crippen molar-refractivity contribution < 1.29 is 52.1 Å². The standard InChI is InChI=1S/C23H26N2O11S/c1-11(26)32-10-17-18(33-12(2)27)19(34-13(3)28)20(35-14(4)29)22(36-17)37-23-24-16(21(30)25(23)5)9-15-7-6-8-31-15/h6-9,17-20,22H,10H2,1-5H3/b16-9-/t17-,18+,19+,20-,22+/m1/s1. The Labute approximate surface area is 216 Å². The lowest BCUT2D eigenvalue weighted by molar-refractivity contribution is -0.237. The number of furan rings is 1. The van der Waals surface area contributed by atoms with Gasteiger partial charge in [-0.2, -0.15) is 0 Å². The first-order valence-corrected chi connectivity index (χ1v) is 11.9. The fourth-order valence-electron chi connectivity index (χ4n) is 3.58. The van der Waals surface area contributed by atoms with Gasteiger partial charge in [-0.25, -0.2) is 4.99 Å². The van der Waals surface area contributed by atoms with Crippen molar-refractivity contribution in [3.63, 3.8) is 0 Å². The fraction of sp³-hybridized carbons (Fsp3) is 0.478. The molecule has 1 saturated heterocycles. The number of likely N-dealkylation sites (N-methyl/N-ethyl adjacent to an activating group) is 1. The molecule has 2 aliphatic rings. The number of aliphatic imine (C=N–C) groups is 1. The second-order valence-corrected chi connectivity index (χ2v) is 9.05. The molecule has 14 heteroatoms. The van der Waals surface area contributed by atoms with Gasteiger partial charge in [-0.1, -0.05) is 11.8 Å². The number of rotatable bonds is 7. The number of ether oxygens (including phenoxy) is 5. The van der Waals surface area contributed by atoms with Crippen LogP contribution in [0.4, 0.5) is 0 Å². The van der Waals surface area contributed by atoms with Gasteiger partial charge in [-0.05, 0) is 12.1 Å². The van der Waals surface area contributed by atoms with E-state index in [4.69, 9.17) is 28.1 Å². The number of nitrogens with zero attached hydrogens (tertiary/aromatic N) is 2. The van der Waals surface area contributed by atoms with Gasteiger partial charge in [0.15, 0.2) is 28.9 Å². The molecule has 1 fully saturated rings. The van der Waals surface area contributed by atoms with Gasteiger partial charge in [-0.15, -0.1) is 0 Å². The van der Waals surface area contributed by atoms with E-state index in [1.54, 1.807) is 12.1 Å². The van der Waals surface area contributed by atoms with Crippen LogP contribution in [0.25, 0.3) is 6.08 Å². The van der Waals surface area contributed by atoms with Crippen molar-refractivity contribution in [3.05, 3.63) is 29.9 Å². The van der Waals surface area contributed by atoms with Crippen LogP contribution < -0.4 is 0 Å². The molecule has 3 heterocycles. The number of amidine groups is 1. The molecule has 0 aliphatic carbocycles. The zero-order valence-corrected chi connectivity index (χ0v) is 21.5. The molecule has 13 nitrogen and oxygen atoms in total. The molecule has 200 valence electrons. The molecule has 0 unspecified atom stereocenters. The lowest BCUT2D eigenvalue weighted by Crippen LogP contribution is -2.61. The van der Waals surface area contributed by atoms with Crippen molar-refractivity contribution in [2.75, 3.05) is 13.7 Å². The Kier molecular flexibility index (Phi) is 9.10. The van der Waals surface area contributed by atoms with E-state index in [2.05, 4.69) is 4.99 Å². The van der Waals surface area contributed by atoms with Crippen LogP contribution in [0.1, 0.15) is 33.5 Å². The minimum absolute atomic E-state index is 0.0885. The summed E-state index contributed by atoms with van der Waals surface area (Å²) < 4.78 is 32.6. The fourth-order valence-corrected chi connectivity index (χ4v) is 4.72. The number of hydrogen-bond acceptors (Lipinski definition) is 13. The Hall–Kier alpha value is -3.65. The minimum Gasteiger partial charge on any atom is -0.465 e. The van der Waals surface area contributed by atoms with Gasteiger partial charge in [0, 0.05) is 40.8 Å². The van der Waals surface area contributed by atoms with Crippen molar-refractivity contribution in [3.8, 4) is 0 Å². The third-order valence-corrected chi connectivity index (χ3v) is 6.21. The second-order valence-electron chi connectivity index (χ2n) is 7.99. The Balaban J connectivity index is 1.98. The molecule has 37 heavy (non-hydrogen) atoms. The first-order chi connectivity index (χ1) is 17.5. The number of hydrogen-bond donors (Lipinski definition) is 0. The van der Waals surface area contributed by atoms with Crippen LogP contribution in [-0.2, 0) is 47.7 Å². The molecule has 1 aromatic heterocycles. The van der Waals surface area contributed by atoms with Crippen LogP contribution in [0.3, 0.4) is 0 Å². The van der Waals surface area contributed by atoms with E-state index in [1.807, 2.05) is 0 Å². The van der Waals surface area contributed by atoms with Crippen LogP contribution in [0.15, 0.2) is 33.5 Å². The molecule has 0 spiro atoms. The maximum absolute atomic E-state index is 12.7. The average Bonchev–Trinajstić information content (AvgIpc) is 3.40. The summed E-state index contributed by atoms with van der Waals surface area (Å²) in [7, 11) is 1.49. The minimum atomic E-state index is -1.32. The van der Waals surface area contributed by atoms with Gasteiger partial charge in [-0.3, -0.25) is 28.9 Å². The first kappa shape index (κ1) is 27.9. The van der Waals surface area contributed by atoms with Gasteiger partial charge >= 0.3 is 23.9 Å². The highest BCUT2D eigenvalue weighted by Gasteiger charge is 2.53. The molecule has 2 aliphatic heterocycles. The van der Waals surface area contributed by atoms with Crippen molar-refractivity contribution in [2.45, 2.75) is 57.5 Å².